The highest BCUT2D eigenvalue weighted by atomic mass is 16.2. The Labute approximate surface area is 193 Å². The molecule has 0 aliphatic carbocycles. The van der Waals surface area contributed by atoms with Gasteiger partial charge in [0.1, 0.15) is 5.82 Å². The van der Waals surface area contributed by atoms with Crippen LogP contribution in [0.2, 0.25) is 0 Å². The highest BCUT2D eigenvalue weighted by Crippen LogP contribution is 2.23. The predicted octanol–water partition coefficient (Wildman–Crippen LogP) is 3.20. The van der Waals surface area contributed by atoms with Crippen molar-refractivity contribution in [1.82, 2.24) is 9.55 Å². The van der Waals surface area contributed by atoms with Gasteiger partial charge in [0, 0.05) is 25.8 Å². The molecule has 0 radical (unpaired) electrons. The Morgan fingerprint density at radius 2 is 1.82 bits per heavy atom. The van der Waals surface area contributed by atoms with Crippen molar-refractivity contribution in [3.05, 3.63) is 63.3 Å². The minimum atomic E-state index is -0.643. The predicted molar refractivity (Wildman–Crippen MR) is 135 cm³/mol. The number of hydrogen-bond acceptors (Lipinski definition) is 5. The van der Waals surface area contributed by atoms with Crippen LogP contribution in [-0.2, 0) is 11.3 Å². The molecule has 0 unspecified atom stereocenters. The summed E-state index contributed by atoms with van der Waals surface area (Å²) < 4.78 is 1.33. The highest BCUT2D eigenvalue weighted by Gasteiger charge is 2.25. The number of nitrogens with two attached hydrogens (primary N) is 1. The van der Waals surface area contributed by atoms with Crippen molar-refractivity contribution < 1.29 is 4.79 Å². The van der Waals surface area contributed by atoms with E-state index in [0.717, 1.165) is 22.9 Å². The van der Waals surface area contributed by atoms with Gasteiger partial charge in [-0.3, -0.25) is 19.1 Å². The number of nitrogen functional groups attached to an aromatic ring is 1. The number of nitrogens with one attached hydrogen (secondary N) is 1. The van der Waals surface area contributed by atoms with Gasteiger partial charge in [-0.25, -0.2) is 4.79 Å². The number of benzene rings is 2. The SMILES string of the molecule is CCCCN(C(=O)CN(C)c1ccc2ccccc2c1)c1c(N)n(CC(C)C)c(=O)[nH]c1=O. The second-order valence-corrected chi connectivity index (χ2v) is 8.78. The van der Waals surface area contributed by atoms with Gasteiger partial charge < -0.3 is 15.5 Å². The fourth-order valence-corrected chi connectivity index (χ4v) is 3.86. The molecular formula is C25H33N5O3. The first-order valence-electron chi connectivity index (χ1n) is 11.4. The molecule has 3 N–H and O–H groups in total. The number of rotatable bonds is 9. The molecule has 1 amide bonds. The lowest BCUT2D eigenvalue weighted by Gasteiger charge is -2.27. The lowest BCUT2D eigenvalue weighted by Crippen LogP contribution is -2.45. The Morgan fingerprint density at radius 1 is 1.12 bits per heavy atom. The van der Waals surface area contributed by atoms with Crippen molar-refractivity contribution in [3.63, 3.8) is 0 Å². The molecule has 0 atom stereocenters. The molecular weight excluding hydrogens is 418 g/mol. The first kappa shape index (κ1) is 24.1. The van der Waals surface area contributed by atoms with Crippen molar-refractivity contribution >= 4 is 33.9 Å². The third kappa shape index (κ3) is 5.45. The van der Waals surface area contributed by atoms with Crippen molar-refractivity contribution in [2.24, 2.45) is 5.92 Å². The third-order valence-corrected chi connectivity index (χ3v) is 5.61. The second-order valence-electron chi connectivity index (χ2n) is 8.78. The summed E-state index contributed by atoms with van der Waals surface area (Å²) >= 11 is 0. The fourth-order valence-electron chi connectivity index (χ4n) is 3.86. The van der Waals surface area contributed by atoms with E-state index in [1.165, 1.54) is 9.47 Å². The quantitative estimate of drug-likeness (QED) is 0.520. The molecule has 8 heteroatoms. The van der Waals surface area contributed by atoms with E-state index in [1.54, 1.807) is 0 Å². The normalized spacial score (nSPS) is 11.2. The summed E-state index contributed by atoms with van der Waals surface area (Å²) in [5.41, 5.74) is 6.01. The topological polar surface area (TPSA) is 104 Å². The molecule has 0 saturated carbocycles. The second kappa shape index (κ2) is 10.4. The number of nitrogens with zero attached hydrogens (tertiary/aromatic N) is 3. The van der Waals surface area contributed by atoms with Gasteiger partial charge >= 0.3 is 5.69 Å². The maximum atomic E-state index is 13.4. The summed E-state index contributed by atoms with van der Waals surface area (Å²) in [5, 5.41) is 2.20. The zero-order valence-corrected chi connectivity index (χ0v) is 19.8. The smallest absolute Gasteiger partial charge is 0.330 e. The number of carbonyl (C=O) groups excluding carboxylic acids is 1. The molecule has 2 aromatic carbocycles. The van der Waals surface area contributed by atoms with Crippen LogP contribution >= 0.6 is 0 Å². The molecule has 1 heterocycles. The van der Waals surface area contributed by atoms with Gasteiger partial charge in [0.25, 0.3) is 5.56 Å². The number of likely N-dealkylation sites (N-methyl/N-ethyl adjacent to an activating group) is 1. The van der Waals surface area contributed by atoms with Crippen LogP contribution in [0.3, 0.4) is 0 Å². The van der Waals surface area contributed by atoms with Gasteiger partial charge in [-0.05, 0) is 35.2 Å². The van der Waals surface area contributed by atoms with Crippen molar-refractivity contribution in [3.8, 4) is 0 Å². The minimum absolute atomic E-state index is 0.0234. The molecule has 3 rings (SSSR count). The number of fused-ring (bicyclic) bond motifs is 1. The first-order chi connectivity index (χ1) is 15.7. The first-order valence-corrected chi connectivity index (χ1v) is 11.4. The van der Waals surface area contributed by atoms with Crippen LogP contribution in [0.5, 0.6) is 0 Å². The minimum Gasteiger partial charge on any atom is -0.383 e. The zero-order chi connectivity index (χ0) is 24.1. The third-order valence-electron chi connectivity index (χ3n) is 5.61. The van der Waals surface area contributed by atoms with Gasteiger partial charge in [-0.1, -0.05) is 57.5 Å². The van der Waals surface area contributed by atoms with Gasteiger partial charge in [0.15, 0.2) is 5.69 Å². The van der Waals surface area contributed by atoms with Crippen molar-refractivity contribution in [2.45, 2.75) is 40.2 Å². The Balaban J connectivity index is 1.94. The molecule has 8 nitrogen and oxygen atoms in total. The maximum Gasteiger partial charge on any atom is 0.330 e. The summed E-state index contributed by atoms with van der Waals surface area (Å²) in [7, 11) is 1.84. The summed E-state index contributed by atoms with van der Waals surface area (Å²) in [4.78, 5) is 44.1. The van der Waals surface area contributed by atoms with E-state index < -0.39 is 11.2 Å². The van der Waals surface area contributed by atoms with Crippen LogP contribution in [0.4, 0.5) is 17.2 Å². The van der Waals surface area contributed by atoms with E-state index in [4.69, 9.17) is 5.73 Å². The number of H-pyrrole nitrogens is 1. The standard InChI is InChI=1S/C25H33N5O3/c1-5-6-13-29(22-23(26)30(15-17(2)3)25(33)27-24(22)32)21(31)16-28(4)20-12-11-18-9-7-8-10-19(18)14-20/h7-12,14,17H,5-6,13,15-16,26H2,1-4H3,(H,27,32,33). The van der Waals surface area contributed by atoms with Gasteiger partial charge in [-0.2, -0.15) is 0 Å². The Hall–Kier alpha value is -3.55. The van der Waals surface area contributed by atoms with Crippen LogP contribution in [0, 0.1) is 5.92 Å². The van der Waals surface area contributed by atoms with E-state index >= 15 is 0 Å². The van der Waals surface area contributed by atoms with Gasteiger partial charge in [-0.15, -0.1) is 0 Å². The summed E-state index contributed by atoms with van der Waals surface area (Å²) in [5.74, 6) is -0.0936. The number of aromatic amines is 1. The zero-order valence-electron chi connectivity index (χ0n) is 19.8. The molecule has 0 spiro atoms. The number of amides is 1. The van der Waals surface area contributed by atoms with Crippen LogP contribution in [0.15, 0.2) is 52.1 Å². The Kier molecular flexibility index (Phi) is 7.58. The van der Waals surface area contributed by atoms with E-state index in [9.17, 15) is 14.4 Å². The number of carbonyl (C=O) groups is 1. The molecule has 1 aromatic heterocycles. The number of hydrogen-bond donors (Lipinski definition) is 2. The van der Waals surface area contributed by atoms with Crippen molar-refractivity contribution in [1.29, 1.82) is 0 Å². The molecule has 0 bridgehead atoms. The summed E-state index contributed by atoms with van der Waals surface area (Å²) in [6, 6.07) is 14.1. The largest absolute Gasteiger partial charge is 0.383 e. The maximum absolute atomic E-state index is 13.4. The lowest BCUT2D eigenvalue weighted by atomic mass is 10.1. The van der Waals surface area contributed by atoms with Gasteiger partial charge in [0.2, 0.25) is 5.91 Å². The summed E-state index contributed by atoms with van der Waals surface area (Å²) in [6.07, 6.45) is 1.54. The van der Waals surface area contributed by atoms with Crippen LogP contribution < -0.4 is 26.8 Å². The molecule has 0 fully saturated rings. The lowest BCUT2D eigenvalue weighted by molar-refractivity contribution is -0.117. The molecule has 0 saturated heterocycles. The average Bonchev–Trinajstić information content (AvgIpc) is 2.78. The van der Waals surface area contributed by atoms with E-state index in [2.05, 4.69) is 4.98 Å². The van der Waals surface area contributed by atoms with Crippen molar-refractivity contribution in [2.75, 3.05) is 35.7 Å². The molecule has 3 aromatic rings. The molecule has 176 valence electrons. The number of anilines is 3. The Morgan fingerprint density at radius 3 is 2.48 bits per heavy atom. The monoisotopic (exact) mass is 451 g/mol. The van der Waals surface area contributed by atoms with E-state index in [1.807, 2.05) is 75.2 Å². The highest BCUT2D eigenvalue weighted by molar-refractivity contribution is 5.98. The van der Waals surface area contributed by atoms with E-state index in [0.29, 0.717) is 19.5 Å². The van der Waals surface area contributed by atoms with Gasteiger partial charge in [0.05, 0.1) is 6.54 Å². The Bertz CT molecular complexity index is 1240. The molecule has 0 aliphatic heterocycles. The van der Waals surface area contributed by atoms with Crippen LogP contribution in [0.1, 0.15) is 33.6 Å². The fraction of sp³-hybridized carbons (Fsp3) is 0.400. The average molecular weight is 452 g/mol. The van der Waals surface area contributed by atoms with E-state index in [-0.39, 0.29) is 29.9 Å². The number of unbranched alkanes of at least 4 members (excludes halogenated alkanes) is 1. The van der Waals surface area contributed by atoms with Crippen LogP contribution in [0.25, 0.3) is 10.8 Å². The number of aromatic nitrogens is 2. The molecule has 0 aliphatic rings. The van der Waals surface area contributed by atoms with Crippen LogP contribution in [-0.4, -0.2) is 35.6 Å². The summed E-state index contributed by atoms with van der Waals surface area (Å²) in [6.45, 7) is 6.67. The molecule has 33 heavy (non-hydrogen) atoms.